The minimum Gasteiger partial charge on any atom is -0.480 e. The molecule has 0 aromatic carbocycles. The molecule has 1 saturated carbocycles. The third-order valence-electron chi connectivity index (χ3n) is 7.22. The fourth-order valence-electron chi connectivity index (χ4n) is 5.08. The van der Waals surface area contributed by atoms with Gasteiger partial charge in [-0.05, 0) is 31.4 Å². The molecule has 4 N–H and O–H groups in total. The van der Waals surface area contributed by atoms with E-state index in [1.54, 1.807) is 29.9 Å². The Morgan fingerprint density at radius 1 is 0.946 bits per heavy atom. The number of nitrogens with one attached hydrogen (secondary N) is 2. The maximum atomic E-state index is 12.9. The molecule has 4 unspecified atom stereocenters. The molecule has 37 heavy (non-hydrogen) atoms. The van der Waals surface area contributed by atoms with Crippen LogP contribution in [-0.4, -0.2) is 97.4 Å². The number of carboxylic acid groups (broad SMARTS) is 2. The minimum atomic E-state index is -1.24. The van der Waals surface area contributed by atoms with Crippen molar-refractivity contribution in [3.63, 3.8) is 0 Å². The Morgan fingerprint density at radius 2 is 1.62 bits per heavy atom. The summed E-state index contributed by atoms with van der Waals surface area (Å²) in [6, 6.07) is -0.321. The smallest absolute Gasteiger partial charge is 0.328 e. The van der Waals surface area contributed by atoms with Crippen LogP contribution in [0.5, 0.6) is 0 Å². The molecule has 1 aromatic heterocycles. The van der Waals surface area contributed by atoms with Gasteiger partial charge >= 0.3 is 11.9 Å². The summed E-state index contributed by atoms with van der Waals surface area (Å²) in [5.41, 5.74) is 0.396. The van der Waals surface area contributed by atoms with Crippen molar-refractivity contribution in [2.45, 2.75) is 62.7 Å². The Morgan fingerprint density at radius 3 is 2.19 bits per heavy atom. The Bertz CT molecular complexity index is 1110. The lowest BCUT2D eigenvalue weighted by molar-refractivity contribution is -0.150. The quantitative estimate of drug-likeness (QED) is 0.328. The number of carbonyl (C=O) groups is 6. The van der Waals surface area contributed by atoms with E-state index >= 15 is 0 Å². The highest BCUT2D eigenvalue weighted by Crippen LogP contribution is 2.30. The molecule has 0 bridgehead atoms. The second-order valence-electron chi connectivity index (χ2n) is 9.86. The number of rotatable bonds is 9. The maximum Gasteiger partial charge on any atom is 0.328 e. The van der Waals surface area contributed by atoms with Gasteiger partial charge in [0.05, 0.1) is 6.04 Å². The molecule has 2 aliphatic heterocycles. The molecule has 2 saturated heterocycles. The van der Waals surface area contributed by atoms with E-state index in [9.17, 15) is 39.0 Å². The number of hydrogen-bond donors (Lipinski definition) is 4. The Balaban J connectivity index is 1.33. The average Bonchev–Trinajstić information content (AvgIpc) is 3.25. The number of carbonyl (C=O) groups excluding carboxylic acids is 4. The first kappa shape index (κ1) is 26.2. The zero-order valence-electron chi connectivity index (χ0n) is 20.5. The average molecular weight is 518 g/mol. The van der Waals surface area contributed by atoms with Crippen LogP contribution in [0.3, 0.4) is 0 Å². The normalized spacial score (nSPS) is 25.1. The highest BCUT2D eigenvalue weighted by molar-refractivity contribution is 5.93. The second-order valence-corrected chi connectivity index (χ2v) is 9.86. The van der Waals surface area contributed by atoms with Gasteiger partial charge in [0.25, 0.3) is 5.91 Å². The summed E-state index contributed by atoms with van der Waals surface area (Å²) in [6.07, 6.45) is 2.97. The van der Waals surface area contributed by atoms with Gasteiger partial charge in [0.2, 0.25) is 17.7 Å². The highest BCUT2D eigenvalue weighted by atomic mass is 16.4. The summed E-state index contributed by atoms with van der Waals surface area (Å²) in [5.74, 6) is -4.26. The Kier molecular flexibility index (Phi) is 7.50. The number of nitrogens with zero attached hydrogens (tertiary/aromatic N) is 3. The van der Waals surface area contributed by atoms with Crippen molar-refractivity contribution in [2.75, 3.05) is 13.1 Å². The van der Waals surface area contributed by atoms with E-state index in [1.807, 2.05) is 0 Å². The number of aliphatic carboxylic acids is 2. The Labute approximate surface area is 212 Å². The third kappa shape index (κ3) is 5.75. The van der Waals surface area contributed by atoms with Crippen molar-refractivity contribution in [3.8, 4) is 0 Å². The number of likely N-dealkylation sites (tertiary alicyclic amines) is 2. The lowest BCUT2D eigenvalue weighted by Crippen LogP contribution is -2.51. The summed E-state index contributed by atoms with van der Waals surface area (Å²) in [5, 5.41) is 24.8. The number of aromatic nitrogens is 1. The van der Waals surface area contributed by atoms with Crippen LogP contribution in [-0.2, 0) is 31.0 Å². The minimum absolute atomic E-state index is 0.0170. The highest BCUT2D eigenvalue weighted by Gasteiger charge is 2.45. The molecule has 3 fully saturated rings. The van der Waals surface area contributed by atoms with E-state index in [2.05, 4.69) is 10.6 Å². The zero-order valence-corrected chi connectivity index (χ0v) is 20.5. The topological polar surface area (TPSA) is 178 Å². The standard InChI is InChI=1S/C24H31N5O8/c1-27-9-2-3-16(27)22(33)25-14-11-17(23(34)35)29(12-14)19(31)7-6-18(30)28-10-8-15(20(28)24(36)37)26-21(32)13-4-5-13/h2-3,9,13-15,17,20H,4-8,10-12H2,1H3,(H,25,33)(H,26,32)(H,34,35)(H,36,37). The van der Waals surface area contributed by atoms with Crippen molar-refractivity contribution in [3.05, 3.63) is 24.0 Å². The largest absolute Gasteiger partial charge is 0.480 e. The van der Waals surface area contributed by atoms with Gasteiger partial charge in [0, 0.05) is 57.6 Å². The van der Waals surface area contributed by atoms with Crippen LogP contribution in [0.4, 0.5) is 0 Å². The molecule has 0 spiro atoms. The predicted octanol–water partition coefficient (Wildman–Crippen LogP) is -0.830. The van der Waals surface area contributed by atoms with Crippen molar-refractivity contribution in [1.29, 1.82) is 0 Å². The monoisotopic (exact) mass is 517 g/mol. The van der Waals surface area contributed by atoms with E-state index in [1.165, 1.54) is 0 Å². The summed E-state index contributed by atoms with van der Waals surface area (Å²) >= 11 is 0. The molecule has 3 heterocycles. The van der Waals surface area contributed by atoms with Crippen LogP contribution >= 0.6 is 0 Å². The van der Waals surface area contributed by atoms with Gasteiger partial charge in [-0.1, -0.05) is 0 Å². The van der Waals surface area contributed by atoms with Gasteiger partial charge in [0.1, 0.15) is 17.8 Å². The van der Waals surface area contributed by atoms with E-state index in [0.29, 0.717) is 12.1 Å². The number of aryl methyl sites for hydroxylation is 1. The molecular weight excluding hydrogens is 486 g/mol. The van der Waals surface area contributed by atoms with Gasteiger partial charge in [-0.3, -0.25) is 19.2 Å². The summed E-state index contributed by atoms with van der Waals surface area (Å²) < 4.78 is 1.62. The maximum absolute atomic E-state index is 12.9. The fourth-order valence-corrected chi connectivity index (χ4v) is 5.08. The summed E-state index contributed by atoms with van der Waals surface area (Å²) in [7, 11) is 1.70. The molecule has 13 heteroatoms. The van der Waals surface area contributed by atoms with Crippen molar-refractivity contribution < 1.29 is 39.0 Å². The molecule has 4 atom stereocenters. The first-order valence-corrected chi connectivity index (χ1v) is 12.3. The van der Waals surface area contributed by atoms with Crippen LogP contribution < -0.4 is 10.6 Å². The predicted molar refractivity (Wildman–Crippen MR) is 126 cm³/mol. The van der Waals surface area contributed by atoms with Gasteiger partial charge < -0.3 is 35.2 Å². The molecule has 1 aromatic rings. The summed E-state index contributed by atoms with van der Waals surface area (Å²) in [4.78, 5) is 76.3. The first-order valence-electron chi connectivity index (χ1n) is 12.3. The molecule has 1 aliphatic carbocycles. The van der Waals surface area contributed by atoms with Gasteiger partial charge in [-0.15, -0.1) is 0 Å². The van der Waals surface area contributed by atoms with E-state index in [4.69, 9.17) is 0 Å². The summed E-state index contributed by atoms with van der Waals surface area (Å²) in [6.45, 7) is 0.116. The van der Waals surface area contributed by atoms with Gasteiger partial charge in [0.15, 0.2) is 0 Å². The lowest BCUT2D eigenvalue weighted by atomic mass is 10.1. The van der Waals surface area contributed by atoms with E-state index in [-0.39, 0.29) is 50.1 Å². The first-order chi connectivity index (χ1) is 17.6. The molecule has 4 amide bonds. The number of hydrogen-bond acceptors (Lipinski definition) is 6. The van der Waals surface area contributed by atoms with Crippen LogP contribution in [0.1, 0.15) is 49.0 Å². The zero-order chi connectivity index (χ0) is 26.9. The Hall–Kier alpha value is -3.90. The molecule has 200 valence electrons. The van der Waals surface area contributed by atoms with Crippen LogP contribution in [0.2, 0.25) is 0 Å². The number of amides is 4. The van der Waals surface area contributed by atoms with Crippen molar-refractivity contribution in [1.82, 2.24) is 25.0 Å². The van der Waals surface area contributed by atoms with Gasteiger partial charge in [-0.2, -0.15) is 0 Å². The van der Waals surface area contributed by atoms with Gasteiger partial charge in [-0.25, -0.2) is 9.59 Å². The molecular formula is C24H31N5O8. The molecule has 3 aliphatic rings. The SMILES string of the molecule is Cn1cccc1C(=O)NC1CC(C(=O)O)N(C(=O)CCC(=O)N2CCC(NC(=O)C3CC3)C2C(=O)O)C1. The molecule has 13 nitrogen and oxygen atoms in total. The van der Waals surface area contributed by atoms with E-state index in [0.717, 1.165) is 22.6 Å². The third-order valence-corrected chi connectivity index (χ3v) is 7.22. The van der Waals surface area contributed by atoms with Crippen molar-refractivity contribution in [2.24, 2.45) is 13.0 Å². The molecule has 4 rings (SSSR count). The van der Waals surface area contributed by atoms with E-state index < -0.39 is 47.9 Å². The van der Waals surface area contributed by atoms with Crippen LogP contribution in [0.25, 0.3) is 0 Å². The van der Waals surface area contributed by atoms with Crippen molar-refractivity contribution >= 4 is 35.6 Å². The van der Waals surface area contributed by atoms with Crippen LogP contribution in [0.15, 0.2) is 18.3 Å². The second kappa shape index (κ2) is 10.6. The lowest BCUT2D eigenvalue weighted by Gasteiger charge is -2.26. The number of carboxylic acids is 2. The van der Waals surface area contributed by atoms with Crippen LogP contribution in [0, 0.1) is 5.92 Å². The fraction of sp³-hybridized carbons (Fsp3) is 0.583. The molecule has 0 radical (unpaired) electrons.